The molecule has 0 fully saturated rings. The first kappa shape index (κ1) is 16.3. The van der Waals surface area contributed by atoms with Crippen LogP contribution < -0.4 is 10.4 Å². The van der Waals surface area contributed by atoms with Crippen molar-refractivity contribution in [3.63, 3.8) is 0 Å². The second-order valence-electron chi connectivity index (χ2n) is 5.87. The third kappa shape index (κ3) is 3.38. The van der Waals surface area contributed by atoms with Gasteiger partial charge in [0.2, 0.25) is 0 Å². The highest BCUT2D eigenvalue weighted by molar-refractivity contribution is 6.08. The molecule has 4 nitrogen and oxygen atoms in total. The Bertz CT molecular complexity index is 741. The summed E-state index contributed by atoms with van der Waals surface area (Å²) in [6, 6.07) is 5.06. The predicted molar refractivity (Wildman–Crippen MR) is 86.8 cm³/mol. The maximum Gasteiger partial charge on any atom is 0.336 e. The molecule has 0 saturated carbocycles. The van der Waals surface area contributed by atoms with Crippen molar-refractivity contribution in [3.8, 4) is 5.75 Å². The molecule has 0 radical (unpaired) electrons. The average molecular weight is 302 g/mol. The van der Waals surface area contributed by atoms with Crippen molar-refractivity contribution in [3.05, 3.63) is 39.7 Å². The minimum absolute atomic E-state index is 0.0844. The molecular formula is C18H22O4. The summed E-state index contributed by atoms with van der Waals surface area (Å²) in [4.78, 5) is 24.0. The molecule has 0 bridgehead atoms. The van der Waals surface area contributed by atoms with E-state index in [0.29, 0.717) is 35.8 Å². The predicted octanol–water partition coefficient (Wildman–Crippen LogP) is 4.12. The van der Waals surface area contributed by atoms with E-state index in [9.17, 15) is 9.59 Å². The van der Waals surface area contributed by atoms with Gasteiger partial charge in [0.25, 0.3) is 0 Å². The Labute approximate surface area is 130 Å². The van der Waals surface area contributed by atoms with Crippen LogP contribution >= 0.6 is 0 Å². The minimum atomic E-state index is -0.450. The fourth-order valence-electron chi connectivity index (χ4n) is 2.33. The van der Waals surface area contributed by atoms with E-state index in [-0.39, 0.29) is 5.78 Å². The summed E-state index contributed by atoms with van der Waals surface area (Å²) >= 11 is 0. The van der Waals surface area contributed by atoms with Crippen LogP contribution in [-0.4, -0.2) is 12.4 Å². The number of Topliss-reactive ketones (excluding diaryl/α,β-unsaturated/α-hetero) is 1. The third-order valence-corrected chi connectivity index (χ3v) is 3.63. The molecule has 0 spiro atoms. The molecule has 1 aromatic carbocycles. The second kappa shape index (κ2) is 6.77. The van der Waals surface area contributed by atoms with E-state index in [1.54, 1.807) is 13.0 Å². The first-order valence-electron chi connectivity index (χ1n) is 7.67. The van der Waals surface area contributed by atoms with Gasteiger partial charge in [-0.1, -0.05) is 20.8 Å². The van der Waals surface area contributed by atoms with Crippen LogP contribution in [0.3, 0.4) is 0 Å². The van der Waals surface area contributed by atoms with Crippen molar-refractivity contribution in [1.82, 2.24) is 0 Å². The highest BCUT2D eigenvalue weighted by Crippen LogP contribution is 2.30. The Balaban J connectivity index is 2.56. The number of carbonyl (C=O) groups excluding carboxylic acids is 1. The van der Waals surface area contributed by atoms with Crippen LogP contribution in [0.4, 0.5) is 0 Å². The first-order valence-corrected chi connectivity index (χ1v) is 7.67. The van der Waals surface area contributed by atoms with Gasteiger partial charge in [0.1, 0.15) is 11.3 Å². The summed E-state index contributed by atoms with van der Waals surface area (Å²) < 4.78 is 11.1. The number of ether oxygens (including phenoxy) is 1. The molecule has 22 heavy (non-hydrogen) atoms. The fourth-order valence-corrected chi connectivity index (χ4v) is 2.33. The molecule has 0 amide bonds. The van der Waals surface area contributed by atoms with Crippen LogP contribution in [-0.2, 0) is 0 Å². The van der Waals surface area contributed by atoms with Crippen molar-refractivity contribution >= 4 is 16.8 Å². The number of aryl methyl sites for hydroxylation is 1. The summed E-state index contributed by atoms with van der Waals surface area (Å²) in [5.41, 5.74) is 1.06. The summed E-state index contributed by atoms with van der Waals surface area (Å²) in [6.45, 7) is 8.38. The largest absolute Gasteiger partial charge is 0.493 e. The zero-order valence-electron chi connectivity index (χ0n) is 13.6. The standard InChI is InChI=1S/C18H22O4/c1-5-14(19)17-15(21-9-8-11(2)3)7-6-13-12(4)10-16(20)22-18(13)17/h6-7,10-11H,5,8-9H2,1-4H3. The molecule has 0 unspecified atom stereocenters. The molecule has 0 aliphatic carbocycles. The van der Waals surface area contributed by atoms with Crippen LogP contribution in [0.25, 0.3) is 11.0 Å². The molecule has 0 saturated heterocycles. The van der Waals surface area contributed by atoms with Crippen molar-refractivity contribution < 1.29 is 13.9 Å². The second-order valence-corrected chi connectivity index (χ2v) is 5.87. The van der Waals surface area contributed by atoms with Gasteiger partial charge in [-0.25, -0.2) is 4.79 Å². The zero-order valence-corrected chi connectivity index (χ0v) is 13.6. The van der Waals surface area contributed by atoms with Gasteiger partial charge in [-0.2, -0.15) is 0 Å². The van der Waals surface area contributed by atoms with E-state index >= 15 is 0 Å². The van der Waals surface area contributed by atoms with Gasteiger partial charge in [0, 0.05) is 17.9 Å². The van der Waals surface area contributed by atoms with Gasteiger partial charge in [-0.15, -0.1) is 0 Å². The van der Waals surface area contributed by atoms with Crippen molar-refractivity contribution in [2.24, 2.45) is 5.92 Å². The summed E-state index contributed by atoms with van der Waals surface area (Å²) in [6.07, 6.45) is 1.23. The number of fused-ring (bicyclic) bond motifs is 1. The van der Waals surface area contributed by atoms with Gasteiger partial charge < -0.3 is 9.15 Å². The molecule has 0 aliphatic rings. The van der Waals surface area contributed by atoms with E-state index in [1.165, 1.54) is 6.07 Å². The molecule has 1 heterocycles. The molecule has 2 rings (SSSR count). The first-order chi connectivity index (χ1) is 10.4. The molecule has 0 atom stereocenters. The summed E-state index contributed by atoms with van der Waals surface area (Å²) in [5, 5.41) is 0.771. The van der Waals surface area contributed by atoms with Crippen LogP contribution in [0.5, 0.6) is 5.75 Å². The quantitative estimate of drug-likeness (QED) is 0.595. The van der Waals surface area contributed by atoms with Crippen LogP contribution in [0.2, 0.25) is 0 Å². The maximum absolute atomic E-state index is 12.3. The lowest BCUT2D eigenvalue weighted by atomic mass is 10.0. The number of hydrogen-bond acceptors (Lipinski definition) is 4. The Morgan fingerprint density at radius 2 is 2.05 bits per heavy atom. The Morgan fingerprint density at radius 1 is 1.32 bits per heavy atom. The van der Waals surface area contributed by atoms with Gasteiger partial charge in [0.15, 0.2) is 11.4 Å². The van der Waals surface area contributed by atoms with Crippen LogP contribution in [0.1, 0.15) is 49.5 Å². The average Bonchev–Trinajstić information content (AvgIpc) is 2.45. The number of hydrogen-bond donors (Lipinski definition) is 0. The Morgan fingerprint density at radius 3 is 2.68 bits per heavy atom. The van der Waals surface area contributed by atoms with E-state index in [0.717, 1.165) is 17.4 Å². The highest BCUT2D eigenvalue weighted by atomic mass is 16.5. The van der Waals surface area contributed by atoms with E-state index in [4.69, 9.17) is 9.15 Å². The van der Waals surface area contributed by atoms with Crippen LogP contribution in [0, 0.1) is 12.8 Å². The normalized spacial score (nSPS) is 11.1. The molecule has 1 aromatic heterocycles. The Hall–Kier alpha value is -2.10. The summed E-state index contributed by atoms with van der Waals surface area (Å²) in [7, 11) is 0. The molecule has 4 heteroatoms. The number of ketones is 1. The van der Waals surface area contributed by atoms with Crippen molar-refractivity contribution in [2.75, 3.05) is 6.61 Å². The monoisotopic (exact) mass is 302 g/mol. The van der Waals surface area contributed by atoms with E-state index < -0.39 is 5.63 Å². The smallest absolute Gasteiger partial charge is 0.336 e. The van der Waals surface area contributed by atoms with Gasteiger partial charge in [-0.3, -0.25) is 4.79 Å². The summed E-state index contributed by atoms with van der Waals surface area (Å²) in [5.74, 6) is 0.929. The Kier molecular flexibility index (Phi) is 5.01. The van der Waals surface area contributed by atoms with Gasteiger partial charge in [0.05, 0.1) is 6.61 Å². The zero-order chi connectivity index (χ0) is 16.3. The molecular weight excluding hydrogens is 280 g/mol. The number of rotatable bonds is 6. The maximum atomic E-state index is 12.3. The SMILES string of the molecule is CCC(=O)c1c(OCCC(C)C)ccc2c(C)cc(=O)oc12. The number of carbonyl (C=O) groups is 1. The van der Waals surface area contributed by atoms with Gasteiger partial charge in [-0.05, 0) is 37.0 Å². The van der Waals surface area contributed by atoms with E-state index in [2.05, 4.69) is 13.8 Å². The lowest BCUT2D eigenvalue weighted by Gasteiger charge is -2.13. The minimum Gasteiger partial charge on any atom is -0.493 e. The van der Waals surface area contributed by atoms with Crippen LogP contribution in [0.15, 0.2) is 27.4 Å². The molecule has 118 valence electrons. The number of benzene rings is 1. The van der Waals surface area contributed by atoms with E-state index in [1.807, 2.05) is 13.0 Å². The molecule has 0 aliphatic heterocycles. The fraction of sp³-hybridized carbons (Fsp3) is 0.444. The lowest BCUT2D eigenvalue weighted by Crippen LogP contribution is -2.09. The lowest BCUT2D eigenvalue weighted by molar-refractivity contribution is 0.0984. The molecule has 2 aromatic rings. The van der Waals surface area contributed by atoms with Crippen molar-refractivity contribution in [1.29, 1.82) is 0 Å². The molecule has 0 N–H and O–H groups in total. The van der Waals surface area contributed by atoms with Gasteiger partial charge >= 0.3 is 5.63 Å². The topological polar surface area (TPSA) is 56.5 Å². The van der Waals surface area contributed by atoms with Crippen molar-refractivity contribution in [2.45, 2.75) is 40.5 Å². The highest BCUT2D eigenvalue weighted by Gasteiger charge is 2.19. The third-order valence-electron chi connectivity index (χ3n) is 3.63.